The van der Waals surface area contributed by atoms with E-state index >= 15 is 0 Å². The number of methoxy groups -OCH3 is 2. The van der Waals surface area contributed by atoms with Crippen molar-refractivity contribution in [2.75, 3.05) is 20.8 Å². The van der Waals surface area contributed by atoms with Crippen LogP contribution < -0.4 is 9.47 Å². The minimum atomic E-state index is -0.476. The molecule has 0 aliphatic carbocycles. The maximum atomic E-state index is 11.3. The molecule has 0 spiro atoms. The van der Waals surface area contributed by atoms with Gasteiger partial charge in [0.15, 0.2) is 0 Å². The molecular weight excluding hydrogens is 291 g/mol. The number of hydrogen-bond acceptors (Lipinski definition) is 4. The maximum Gasteiger partial charge on any atom is 0.330 e. The highest BCUT2D eigenvalue weighted by Gasteiger charge is 2.15. The van der Waals surface area contributed by atoms with Crippen molar-refractivity contribution >= 4 is 35.2 Å². The Hall–Kier alpha value is -1.39. The third kappa shape index (κ3) is 3.78. The summed E-state index contributed by atoms with van der Waals surface area (Å²) in [6, 6.07) is 1.58. The Kier molecular flexibility index (Phi) is 5.99. The molecule has 0 fully saturated rings. The van der Waals surface area contributed by atoms with Gasteiger partial charge in [-0.2, -0.15) is 0 Å². The molecule has 104 valence electrons. The normalized spacial score (nSPS) is 10.6. The molecule has 0 radical (unpaired) electrons. The molecule has 6 heteroatoms. The number of esters is 1. The second-order valence-corrected chi connectivity index (χ2v) is 4.16. The molecular formula is C13H14Cl2O4. The second kappa shape index (κ2) is 7.26. The van der Waals surface area contributed by atoms with Gasteiger partial charge in [-0.05, 0) is 13.0 Å². The monoisotopic (exact) mass is 304 g/mol. The largest absolute Gasteiger partial charge is 0.495 e. The number of carbonyl (C=O) groups excluding carboxylic acids is 1. The molecule has 0 aromatic heterocycles. The molecule has 1 aromatic rings. The lowest BCUT2D eigenvalue weighted by Gasteiger charge is -2.12. The second-order valence-electron chi connectivity index (χ2n) is 3.41. The molecule has 0 saturated carbocycles. The maximum absolute atomic E-state index is 11.3. The number of rotatable bonds is 5. The van der Waals surface area contributed by atoms with Gasteiger partial charge in [-0.1, -0.05) is 23.2 Å². The van der Waals surface area contributed by atoms with Crippen molar-refractivity contribution in [3.05, 3.63) is 27.8 Å². The number of benzene rings is 1. The van der Waals surface area contributed by atoms with E-state index in [-0.39, 0.29) is 0 Å². The molecule has 0 atom stereocenters. The lowest BCUT2D eigenvalue weighted by atomic mass is 10.1. The van der Waals surface area contributed by atoms with Crippen LogP contribution in [0.1, 0.15) is 12.5 Å². The quantitative estimate of drug-likeness (QED) is 0.616. The van der Waals surface area contributed by atoms with Crippen LogP contribution in [0.25, 0.3) is 6.08 Å². The predicted octanol–water partition coefficient (Wildman–Crippen LogP) is 3.59. The molecule has 0 bridgehead atoms. The predicted molar refractivity (Wildman–Crippen MR) is 75.2 cm³/mol. The van der Waals surface area contributed by atoms with Crippen molar-refractivity contribution in [2.45, 2.75) is 6.92 Å². The van der Waals surface area contributed by atoms with E-state index in [0.717, 1.165) is 0 Å². The van der Waals surface area contributed by atoms with E-state index in [2.05, 4.69) is 0 Å². The van der Waals surface area contributed by atoms with Gasteiger partial charge < -0.3 is 14.2 Å². The molecule has 4 nitrogen and oxygen atoms in total. The van der Waals surface area contributed by atoms with Crippen LogP contribution in [-0.4, -0.2) is 26.8 Å². The highest BCUT2D eigenvalue weighted by Crippen LogP contribution is 2.40. The molecule has 0 N–H and O–H groups in total. The molecule has 0 aliphatic rings. The zero-order chi connectivity index (χ0) is 14.4. The van der Waals surface area contributed by atoms with Crippen LogP contribution in [-0.2, 0) is 9.53 Å². The molecule has 1 rings (SSSR count). The Morgan fingerprint density at radius 1 is 1.21 bits per heavy atom. The summed E-state index contributed by atoms with van der Waals surface area (Å²) in [4.78, 5) is 11.3. The van der Waals surface area contributed by atoms with Crippen LogP contribution in [0.2, 0.25) is 10.0 Å². The molecule has 0 unspecified atom stereocenters. The topological polar surface area (TPSA) is 44.8 Å². The van der Waals surface area contributed by atoms with Crippen molar-refractivity contribution < 1.29 is 19.0 Å². The van der Waals surface area contributed by atoms with Crippen molar-refractivity contribution in [3.8, 4) is 11.5 Å². The lowest BCUT2D eigenvalue weighted by Crippen LogP contribution is -1.99. The van der Waals surface area contributed by atoms with Crippen molar-refractivity contribution in [3.63, 3.8) is 0 Å². The van der Waals surface area contributed by atoms with Gasteiger partial charge in [0.25, 0.3) is 0 Å². The van der Waals surface area contributed by atoms with Crippen LogP contribution in [0.15, 0.2) is 12.1 Å². The summed E-state index contributed by atoms with van der Waals surface area (Å²) >= 11 is 12.3. The number of halogens is 2. The number of carbonyl (C=O) groups is 1. The van der Waals surface area contributed by atoms with Gasteiger partial charge in [-0.3, -0.25) is 0 Å². The average molecular weight is 305 g/mol. The third-order valence-corrected chi connectivity index (χ3v) is 3.06. The summed E-state index contributed by atoms with van der Waals surface area (Å²) < 4.78 is 15.0. The zero-order valence-corrected chi connectivity index (χ0v) is 12.3. The number of ether oxygens (including phenoxy) is 3. The van der Waals surface area contributed by atoms with Crippen LogP contribution >= 0.6 is 23.2 Å². The first-order valence-corrected chi connectivity index (χ1v) is 6.25. The van der Waals surface area contributed by atoms with Crippen LogP contribution in [0.5, 0.6) is 11.5 Å². The summed E-state index contributed by atoms with van der Waals surface area (Å²) in [7, 11) is 2.96. The minimum absolute atomic E-state index is 0.298. The van der Waals surface area contributed by atoms with Crippen LogP contribution in [0.3, 0.4) is 0 Å². The standard InChI is InChI=1S/C13H14Cl2O4/c1-4-19-11(16)6-5-8-12(14)9(17-2)7-10(18-3)13(8)15/h5-7H,4H2,1-3H3. The summed E-state index contributed by atoms with van der Waals surface area (Å²) in [5, 5.41) is 0.600. The molecule has 0 amide bonds. The Bertz CT molecular complexity index is 470. The fourth-order valence-corrected chi connectivity index (χ4v) is 2.02. The summed E-state index contributed by atoms with van der Waals surface area (Å²) in [6.07, 6.45) is 2.71. The minimum Gasteiger partial charge on any atom is -0.495 e. The van der Waals surface area contributed by atoms with Gasteiger partial charge in [-0.25, -0.2) is 4.79 Å². The van der Waals surface area contributed by atoms with E-state index in [1.807, 2.05) is 0 Å². The SMILES string of the molecule is CCOC(=O)C=Cc1c(Cl)c(OC)cc(OC)c1Cl. The zero-order valence-electron chi connectivity index (χ0n) is 10.8. The van der Waals surface area contributed by atoms with Gasteiger partial charge in [0, 0.05) is 17.7 Å². The van der Waals surface area contributed by atoms with E-state index in [4.69, 9.17) is 37.4 Å². The number of hydrogen-bond donors (Lipinski definition) is 0. The van der Waals surface area contributed by atoms with Crippen LogP contribution in [0.4, 0.5) is 0 Å². The fraction of sp³-hybridized carbons (Fsp3) is 0.308. The lowest BCUT2D eigenvalue weighted by molar-refractivity contribution is -0.137. The molecule has 0 heterocycles. The van der Waals surface area contributed by atoms with Crippen LogP contribution in [0, 0.1) is 0 Å². The highest BCUT2D eigenvalue weighted by atomic mass is 35.5. The van der Waals surface area contributed by atoms with Gasteiger partial charge in [-0.15, -0.1) is 0 Å². The fourth-order valence-electron chi connectivity index (χ4n) is 1.39. The van der Waals surface area contributed by atoms with E-state index in [0.29, 0.717) is 33.7 Å². The van der Waals surface area contributed by atoms with E-state index < -0.39 is 5.97 Å². The molecule has 19 heavy (non-hydrogen) atoms. The van der Waals surface area contributed by atoms with Gasteiger partial charge in [0.1, 0.15) is 11.5 Å². The highest BCUT2D eigenvalue weighted by molar-refractivity contribution is 6.39. The summed E-state index contributed by atoms with van der Waals surface area (Å²) in [5.74, 6) is 0.342. The third-order valence-electron chi connectivity index (χ3n) is 2.28. The van der Waals surface area contributed by atoms with E-state index in [1.54, 1.807) is 13.0 Å². The van der Waals surface area contributed by atoms with Crippen molar-refractivity contribution in [1.29, 1.82) is 0 Å². The van der Waals surface area contributed by atoms with E-state index in [1.165, 1.54) is 26.4 Å². The van der Waals surface area contributed by atoms with E-state index in [9.17, 15) is 4.79 Å². The molecule has 0 saturated heterocycles. The Labute approximate surface area is 121 Å². The van der Waals surface area contributed by atoms with Gasteiger partial charge >= 0.3 is 5.97 Å². The Balaban J connectivity index is 3.21. The first kappa shape index (κ1) is 15.7. The Morgan fingerprint density at radius 3 is 2.16 bits per heavy atom. The van der Waals surface area contributed by atoms with Gasteiger partial charge in [0.05, 0.1) is 30.9 Å². The van der Waals surface area contributed by atoms with Gasteiger partial charge in [0.2, 0.25) is 0 Å². The summed E-state index contributed by atoms with van der Waals surface area (Å²) in [5.41, 5.74) is 0.438. The van der Waals surface area contributed by atoms with Crippen molar-refractivity contribution in [1.82, 2.24) is 0 Å². The summed E-state index contributed by atoms with van der Waals surface area (Å²) in [6.45, 7) is 2.02. The first-order chi connectivity index (χ1) is 9.04. The molecule has 0 aliphatic heterocycles. The average Bonchev–Trinajstić information content (AvgIpc) is 2.39. The first-order valence-electron chi connectivity index (χ1n) is 5.49. The Morgan fingerprint density at radius 2 is 1.74 bits per heavy atom. The molecule has 1 aromatic carbocycles. The smallest absolute Gasteiger partial charge is 0.330 e. The van der Waals surface area contributed by atoms with Crippen molar-refractivity contribution in [2.24, 2.45) is 0 Å².